The van der Waals surface area contributed by atoms with Crippen molar-refractivity contribution in [2.24, 2.45) is 5.10 Å². The number of halogens is 1. The minimum Gasteiger partial charge on any atom is -0.379 e. The number of hydrazone groups is 1. The summed E-state index contributed by atoms with van der Waals surface area (Å²) in [5, 5.41) is 8.22. The number of carbonyl (C=O) groups is 1. The van der Waals surface area contributed by atoms with E-state index in [-0.39, 0.29) is 17.8 Å². The van der Waals surface area contributed by atoms with E-state index in [1.165, 1.54) is 12.1 Å². The number of morpholine rings is 1. The van der Waals surface area contributed by atoms with E-state index < -0.39 is 0 Å². The lowest BCUT2D eigenvalue weighted by Crippen LogP contribution is -2.43. The molecule has 0 spiro atoms. The molecular formula is C19H20FN3O2S. The summed E-state index contributed by atoms with van der Waals surface area (Å²) in [5.41, 5.74) is 1.81. The van der Waals surface area contributed by atoms with Crippen LogP contribution in [0.15, 0.2) is 46.9 Å². The Morgan fingerprint density at radius 2 is 2.00 bits per heavy atom. The first-order valence-corrected chi connectivity index (χ1v) is 9.57. The van der Waals surface area contributed by atoms with Crippen molar-refractivity contribution in [3.63, 3.8) is 0 Å². The lowest BCUT2D eigenvalue weighted by molar-refractivity contribution is -0.135. The van der Waals surface area contributed by atoms with E-state index in [4.69, 9.17) is 4.74 Å². The Hall–Kier alpha value is -2.09. The molecule has 2 aliphatic heterocycles. The van der Waals surface area contributed by atoms with Gasteiger partial charge in [-0.05, 0) is 29.1 Å². The maximum atomic E-state index is 13.3. The molecule has 26 heavy (non-hydrogen) atoms. The van der Waals surface area contributed by atoms with Crippen molar-refractivity contribution in [3.05, 3.63) is 58.0 Å². The third-order valence-corrected chi connectivity index (χ3v) is 5.61. The molecule has 1 atom stereocenters. The third kappa shape index (κ3) is 3.70. The molecule has 1 saturated heterocycles. The van der Waals surface area contributed by atoms with Gasteiger partial charge in [-0.2, -0.15) is 5.10 Å². The number of hydrogen-bond acceptors (Lipinski definition) is 5. The lowest BCUT2D eigenvalue weighted by Gasteiger charge is -2.29. The highest BCUT2D eigenvalue weighted by Gasteiger charge is 2.34. The van der Waals surface area contributed by atoms with E-state index in [1.807, 2.05) is 17.5 Å². The maximum Gasteiger partial charge on any atom is 0.257 e. The molecule has 1 fully saturated rings. The van der Waals surface area contributed by atoms with Crippen LogP contribution in [-0.4, -0.2) is 54.4 Å². The third-order valence-electron chi connectivity index (χ3n) is 4.69. The number of benzene rings is 1. The summed E-state index contributed by atoms with van der Waals surface area (Å²) >= 11 is 1.61. The van der Waals surface area contributed by atoms with Gasteiger partial charge in [-0.25, -0.2) is 9.40 Å². The van der Waals surface area contributed by atoms with Crippen LogP contribution in [0.4, 0.5) is 4.39 Å². The van der Waals surface area contributed by atoms with Crippen LogP contribution in [0.25, 0.3) is 0 Å². The monoisotopic (exact) mass is 373 g/mol. The van der Waals surface area contributed by atoms with Crippen molar-refractivity contribution >= 4 is 23.0 Å². The van der Waals surface area contributed by atoms with Crippen molar-refractivity contribution in [3.8, 4) is 0 Å². The zero-order valence-electron chi connectivity index (χ0n) is 14.3. The van der Waals surface area contributed by atoms with Crippen LogP contribution >= 0.6 is 11.3 Å². The highest BCUT2D eigenvalue weighted by Crippen LogP contribution is 2.34. The van der Waals surface area contributed by atoms with Crippen LogP contribution in [0.3, 0.4) is 0 Å². The van der Waals surface area contributed by atoms with Crippen LogP contribution < -0.4 is 0 Å². The van der Waals surface area contributed by atoms with E-state index >= 15 is 0 Å². The van der Waals surface area contributed by atoms with Gasteiger partial charge < -0.3 is 4.74 Å². The largest absolute Gasteiger partial charge is 0.379 e. The molecule has 1 aromatic heterocycles. The fourth-order valence-electron chi connectivity index (χ4n) is 3.30. The smallest absolute Gasteiger partial charge is 0.257 e. The molecule has 7 heteroatoms. The Bertz CT molecular complexity index is 786. The number of ether oxygens (including phenoxy) is 1. The molecule has 1 amide bonds. The number of thiophene rings is 1. The van der Waals surface area contributed by atoms with Gasteiger partial charge in [0.2, 0.25) is 0 Å². The van der Waals surface area contributed by atoms with Gasteiger partial charge in [0.15, 0.2) is 0 Å². The second-order valence-electron chi connectivity index (χ2n) is 6.42. The van der Waals surface area contributed by atoms with E-state index in [9.17, 15) is 9.18 Å². The number of hydrogen-bond donors (Lipinski definition) is 0. The minimum atomic E-state index is -0.280. The SMILES string of the molecule is O=C(CN1CCOCC1)N1N=C(c2cccs2)CC1c1ccc(F)cc1. The molecule has 0 radical (unpaired) electrons. The average Bonchev–Trinajstić information content (AvgIpc) is 3.33. The van der Waals surface area contributed by atoms with E-state index in [2.05, 4.69) is 10.0 Å². The molecule has 0 N–H and O–H groups in total. The number of rotatable bonds is 4. The fraction of sp³-hybridized carbons (Fsp3) is 0.368. The van der Waals surface area contributed by atoms with Gasteiger partial charge in [0, 0.05) is 19.5 Å². The van der Waals surface area contributed by atoms with Gasteiger partial charge in [0.25, 0.3) is 5.91 Å². The van der Waals surface area contributed by atoms with Gasteiger partial charge in [-0.3, -0.25) is 9.69 Å². The lowest BCUT2D eigenvalue weighted by atomic mass is 10.0. The van der Waals surface area contributed by atoms with Crippen molar-refractivity contribution in [1.82, 2.24) is 9.91 Å². The summed E-state index contributed by atoms with van der Waals surface area (Å²) in [6.07, 6.45) is 0.640. The van der Waals surface area contributed by atoms with Crippen LogP contribution in [0, 0.1) is 5.82 Å². The first kappa shape index (κ1) is 17.3. The fourth-order valence-corrected chi connectivity index (χ4v) is 4.02. The quantitative estimate of drug-likeness (QED) is 0.828. The zero-order valence-corrected chi connectivity index (χ0v) is 15.1. The van der Waals surface area contributed by atoms with Gasteiger partial charge in [0.1, 0.15) is 5.82 Å². The molecular weight excluding hydrogens is 353 g/mol. The summed E-state index contributed by atoms with van der Waals surface area (Å²) in [5.74, 6) is -0.315. The Labute approximate surface area is 155 Å². The Morgan fingerprint density at radius 1 is 1.23 bits per heavy atom. The summed E-state index contributed by atoms with van der Waals surface area (Å²) in [4.78, 5) is 16.1. The van der Waals surface area contributed by atoms with E-state index in [0.717, 1.165) is 29.2 Å². The molecule has 0 bridgehead atoms. The molecule has 1 unspecified atom stereocenters. The van der Waals surface area contributed by atoms with Gasteiger partial charge >= 0.3 is 0 Å². The minimum absolute atomic E-state index is 0.0345. The molecule has 5 nitrogen and oxygen atoms in total. The van der Waals surface area contributed by atoms with Crippen molar-refractivity contribution in [1.29, 1.82) is 0 Å². The molecule has 0 aliphatic carbocycles. The predicted molar refractivity (Wildman–Crippen MR) is 98.7 cm³/mol. The van der Waals surface area contributed by atoms with Gasteiger partial charge in [-0.15, -0.1) is 11.3 Å². The van der Waals surface area contributed by atoms with Crippen molar-refractivity contribution < 1.29 is 13.9 Å². The Balaban J connectivity index is 1.57. The molecule has 2 aliphatic rings. The van der Waals surface area contributed by atoms with Crippen LogP contribution in [0.2, 0.25) is 0 Å². The molecule has 2 aromatic rings. The van der Waals surface area contributed by atoms with E-state index in [1.54, 1.807) is 28.5 Å². The van der Waals surface area contributed by atoms with Crippen LogP contribution in [0.1, 0.15) is 22.9 Å². The molecule has 3 heterocycles. The Morgan fingerprint density at radius 3 is 2.69 bits per heavy atom. The van der Waals surface area contributed by atoms with Crippen molar-refractivity contribution in [2.75, 3.05) is 32.8 Å². The topological polar surface area (TPSA) is 45.1 Å². The van der Waals surface area contributed by atoms with Crippen LogP contribution in [-0.2, 0) is 9.53 Å². The van der Waals surface area contributed by atoms with Gasteiger partial charge in [-0.1, -0.05) is 18.2 Å². The first-order valence-electron chi connectivity index (χ1n) is 8.70. The molecule has 0 saturated carbocycles. The number of nitrogens with zero attached hydrogens (tertiary/aromatic N) is 3. The highest BCUT2D eigenvalue weighted by atomic mass is 32.1. The zero-order chi connectivity index (χ0) is 17.9. The first-order chi connectivity index (χ1) is 12.7. The van der Waals surface area contributed by atoms with Crippen molar-refractivity contribution in [2.45, 2.75) is 12.5 Å². The Kier molecular flexibility index (Phi) is 5.10. The normalized spacial score (nSPS) is 21.0. The number of carbonyl (C=O) groups excluding carboxylic acids is 1. The maximum absolute atomic E-state index is 13.3. The molecule has 1 aromatic carbocycles. The summed E-state index contributed by atoms with van der Waals surface area (Å²) in [6.45, 7) is 3.13. The number of amides is 1. The average molecular weight is 373 g/mol. The summed E-state index contributed by atoms with van der Waals surface area (Å²) in [7, 11) is 0. The second kappa shape index (κ2) is 7.65. The second-order valence-corrected chi connectivity index (χ2v) is 7.37. The van der Waals surface area contributed by atoms with Crippen LogP contribution in [0.5, 0.6) is 0 Å². The standard InChI is InChI=1S/C19H20FN3O2S/c20-15-5-3-14(4-6-15)17-12-16(18-2-1-11-26-18)21-23(17)19(24)13-22-7-9-25-10-8-22/h1-6,11,17H,7-10,12-13H2. The summed E-state index contributed by atoms with van der Waals surface area (Å²) in [6, 6.07) is 10.1. The van der Waals surface area contributed by atoms with E-state index in [0.29, 0.717) is 26.2 Å². The summed E-state index contributed by atoms with van der Waals surface area (Å²) < 4.78 is 18.7. The predicted octanol–water partition coefficient (Wildman–Crippen LogP) is 2.90. The van der Waals surface area contributed by atoms with Gasteiger partial charge in [0.05, 0.1) is 36.4 Å². The highest BCUT2D eigenvalue weighted by molar-refractivity contribution is 7.12. The molecule has 4 rings (SSSR count). The molecule has 136 valence electrons.